The van der Waals surface area contributed by atoms with Gasteiger partial charge in [-0.3, -0.25) is 10.1 Å². The number of thioether (sulfide) groups is 1. The molecule has 20 heavy (non-hydrogen) atoms. The molecular formula is C10H13F3N4O2S. The number of anilines is 2. The zero-order valence-corrected chi connectivity index (χ0v) is 11.3. The molecule has 0 aliphatic rings. The van der Waals surface area contributed by atoms with Crippen LogP contribution in [0.2, 0.25) is 0 Å². The summed E-state index contributed by atoms with van der Waals surface area (Å²) in [6.07, 6.45) is 0. The number of nitrogens with zero attached hydrogens (tertiary/aromatic N) is 2. The lowest BCUT2D eigenvalue weighted by atomic mass is 10.3. The maximum absolute atomic E-state index is 11.9. The summed E-state index contributed by atoms with van der Waals surface area (Å²) in [7, 11) is 0. The second-order valence-corrected chi connectivity index (χ2v) is 4.76. The Morgan fingerprint density at radius 2 is 1.95 bits per heavy atom. The third-order valence-corrected chi connectivity index (χ3v) is 2.79. The highest BCUT2D eigenvalue weighted by atomic mass is 32.2. The van der Waals surface area contributed by atoms with Gasteiger partial charge in [0, 0.05) is 18.8 Å². The lowest BCUT2D eigenvalue weighted by molar-refractivity contribution is -0.384. The summed E-state index contributed by atoms with van der Waals surface area (Å²) in [6, 6.07) is 2.44. The van der Waals surface area contributed by atoms with E-state index in [1.54, 1.807) is 6.92 Å². The van der Waals surface area contributed by atoms with Gasteiger partial charge in [-0.05, 0) is 18.7 Å². The van der Waals surface area contributed by atoms with Crippen LogP contribution in [0.3, 0.4) is 0 Å². The van der Waals surface area contributed by atoms with Crippen molar-refractivity contribution in [3.63, 3.8) is 0 Å². The molecule has 1 aromatic heterocycles. The van der Waals surface area contributed by atoms with Gasteiger partial charge in [0.15, 0.2) is 0 Å². The smallest absolute Gasteiger partial charge is 0.370 e. The van der Waals surface area contributed by atoms with Crippen molar-refractivity contribution in [2.24, 2.45) is 0 Å². The molecule has 0 aliphatic carbocycles. The number of pyridine rings is 1. The minimum absolute atomic E-state index is 0.00388. The molecule has 0 aromatic carbocycles. The van der Waals surface area contributed by atoms with Gasteiger partial charge in [-0.25, -0.2) is 4.98 Å². The van der Waals surface area contributed by atoms with Gasteiger partial charge in [-0.1, -0.05) is 0 Å². The first-order valence-corrected chi connectivity index (χ1v) is 6.65. The van der Waals surface area contributed by atoms with Gasteiger partial charge in [0.1, 0.15) is 11.6 Å². The average Bonchev–Trinajstić information content (AvgIpc) is 2.33. The molecule has 0 saturated carbocycles. The van der Waals surface area contributed by atoms with Crippen LogP contribution in [0.5, 0.6) is 0 Å². The molecule has 1 aromatic rings. The van der Waals surface area contributed by atoms with E-state index in [1.165, 1.54) is 12.1 Å². The maximum atomic E-state index is 11.9. The molecule has 0 radical (unpaired) electrons. The molecule has 0 aliphatic heterocycles. The number of nitro groups is 1. The Labute approximate surface area is 117 Å². The Bertz CT molecular complexity index is 470. The van der Waals surface area contributed by atoms with E-state index in [0.717, 1.165) is 0 Å². The van der Waals surface area contributed by atoms with Gasteiger partial charge in [-0.2, -0.15) is 13.2 Å². The molecule has 0 unspecified atom stereocenters. The third-order valence-electron chi connectivity index (χ3n) is 2.05. The van der Waals surface area contributed by atoms with Crippen molar-refractivity contribution in [1.82, 2.24) is 4.98 Å². The van der Waals surface area contributed by atoms with Crippen molar-refractivity contribution in [2.75, 3.05) is 29.5 Å². The Hall–Kier alpha value is -1.71. The van der Waals surface area contributed by atoms with Crippen molar-refractivity contribution < 1.29 is 18.1 Å². The minimum Gasteiger partial charge on any atom is -0.370 e. The summed E-state index contributed by atoms with van der Waals surface area (Å²) in [5, 5.41) is 16.2. The molecule has 112 valence electrons. The molecule has 0 fully saturated rings. The molecule has 0 amide bonds. The Morgan fingerprint density at radius 3 is 2.45 bits per heavy atom. The number of rotatable bonds is 7. The van der Waals surface area contributed by atoms with Crippen LogP contribution >= 0.6 is 11.8 Å². The number of hydrogen-bond donors (Lipinski definition) is 2. The van der Waals surface area contributed by atoms with Crippen molar-refractivity contribution in [2.45, 2.75) is 12.4 Å². The van der Waals surface area contributed by atoms with Gasteiger partial charge in [0.25, 0.3) is 5.69 Å². The van der Waals surface area contributed by atoms with Gasteiger partial charge in [0.05, 0.1) is 17.1 Å². The second kappa shape index (κ2) is 7.17. The topological polar surface area (TPSA) is 80.1 Å². The number of alkyl halides is 3. The van der Waals surface area contributed by atoms with E-state index in [-0.39, 0.29) is 35.6 Å². The fourth-order valence-corrected chi connectivity index (χ4v) is 1.77. The SMILES string of the molecule is CCNc1cc([N+](=O)[O-])cc(NCCSC(F)(F)F)n1. The van der Waals surface area contributed by atoms with Crippen molar-refractivity contribution in [1.29, 1.82) is 0 Å². The van der Waals surface area contributed by atoms with Crippen LogP contribution in [0.15, 0.2) is 12.1 Å². The van der Waals surface area contributed by atoms with Crippen LogP contribution < -0.4 is 10.6 Å². The van der Waals surface area contributed by atoms with Crippen molar-refractivity contribution in [3.05, 3.63) is 22.2 Å². The fraction of sp³-hybridized carbons (Fsp3) is 0.500. The molecule has 6 nitrogen and oxygen atoms in total. The lowest BCUT2D eigenvalue weighted by Crippen LogP contribution is -2.11. The summed E-state index contributed by atoms with van der Waals surface area (Å²) in [5.74, 6) is 0.260. The highest BCUT2D eigenvalue weighted by molar-refractivity contribution is 8.00. The van der Waals surface area contributed by atoms with Crippen LogP contribution in [-0.4, -0.2) is 34.3 Å². The van der Waals surface area contributed by atoms with E-state index in [2.05, 4.69) is 15.6 Å². The van der Waals surface area contributed by atoms with E-state index in [0.29, 0.717) is 12.4 Å². The number of hydrogen-bond acceptors (Lipinski definition) is 6. The zero-order valence-electron chi connectivity index (χ0n) is 10.5. The molecule has 10 heteroatoms. The molecule has 0 bridgehead atoms. The van der Waals surface area contributed by atoms with Crippen LogP contribution in [0.25, 0.3) is 0 Å². The molecule has 1 heterocycles. The second-order valence-electron chi connectivity index (χ2n) is 3.60. The standard InChI is InChI=1S/C10H13F3N4O2S/c1-2-14-8-5-7(17(18)19)6-9(16-8)15-3-4-20-10(11,12)13/h5-6H,2-4H2,1H3,(H2,14,15,16). The van der Waals surface area contributed by atoms with Crippen LogP contribution in [0.1, 0.15) is 6.92 Å². The Morgan fingerprint density at radius 1 is 1.35 bits per heavy atom. The van der Waals surface area contributed by atoms with Crippen molar-refractivity contribution in [3.8, 4) is 0 Å². The number of aromatic nitrogens is 1. The summed E-state index contributed by atoms with van der Waals surface area (Å²) >= 11 is -0.162. The van der Waals surface area contributed by atoms with Gasteiger partial charge in [0.2, 0.25) is 0 Å². The van der Waals surface area contributed by atoms with E-state index in [1.807, 2.05) is 0 Å². The van der Waals surface area contributed by atoms with Crippen LogP contribution in [0.4, 0.5) is 30.5 Å². The zero-order chi connectivity index (χ0) is 15.2. The Balaban J connectivity index is 2.66. The third kappa shape index (κ3) is 5.95. The minimum atomic E-state index is -4.29. The number of nitrogens with one attached hydrogen (secondary N) is 2. The molecule has 0 saturated heterocycles. The van der Waals surface area contributed by atoms with Crippen molar-refractivity contribution >= 4 is 29.1 Å². The lowest BCUT2D eigenvalue weighted by Gasteiger charge is -2.09. The number of halogens is 3. The Kier molecular flexibility index (Phi) is 5.86. The maximum Gasteiger partial charge on any atom is 0.441 e. The first kappa shape index (κ1) is 16.3. The highest BCUT2D eigenvalue weighted by Crippen LogP contribution is 2.29. The predicted molar refractivity (Wildman–Crippen MR) is 72.1 cm³/mol. The first-order chi connectivity index (χ1) is 9.31. The fourth-order valence-electron chi connectivity index (χ4n) is 1.33. The predicted octanol–water partition coefficient (Wildman–Crippen LogP) is 3.09. The summed E-state index contributed by atoms with van der Waals surface area (Å²) in [4.78, 5) is 14.2. The van der Waals surface area contributed by atoms with Gasteiger partial charge in [-0.15, -0.1) is 0 Å². The molecule has 2 N–H and O–H groups in total. The molecule has 1 rings (SSSR count). The normalized spacial score (nSPS) is 11.2. The summed E-state index contributed by atoms with van der Waals surface area (Å²) in [6.45, 7) is 2.33. The van der Waals surface area contributed by atoms with E-state index < -0.39 is 10.4 Å². The van der Waals surface area contributed by atoms with E-state index >= 15 is 0 Å². The molecule has 0 atom stereocenters. The van der Waals surface area contributed by atoms with Gasteiger partial charge >= 0.3 is 5.51 Å². The quantitative estimate of drug-likeness (QED) is 0.458. The van der Waals surface area contributed by atoms with Crippen LogP contribution in [-0.2, 0) is 0 Å². The van der Waals surface area contributed by atoms with Crippen LogP contribution in [0, 0.1) is 10.1 Å². The summed E-state index contributed by atoms with van der Waals surface area (Å²) < 4.78 is 35.8. The molecule has 0 spiro atoms. The van der Waals surface area contributed by atoms with E-state index in [4.69, 9.17) is 0 Å². The molecular weight excluding hydrogens is 297 g/mol. The largest absolute Gasteiger partial charge is 0.441 e. The summed E-state index contributed by atoms with van der Waals surface area (Å²) in [5.41, 5.74) is -4.46. The monoisotopic (exact) mass is 310 g/mol. The van der Waals surface area contributed by atoms with Gasteiger partial charge < -0.3 is 10.6 Å². The highest BCUT2D eigenvalue weighted by Gasteiger charge is 2.27. The average molecular weight is 310 g/mol. The van der Waals surface area contributed by atoms with E-state index in [9.17, 15) is 23.3 Å². The first-order valence-electron chi connectivity index (χ1n) is 5.66.